The van der Waals surface area contributed by atoms with Gasteiger partial charge in [0.15, 0.2) is 0 Å². The fourth-order valence-corrected chi connectivity index (χ4v) is 2.50. The first kappa shape index (κ1) is 16.3. The van der Waals surface area contributed by atoms with Crippen molar-refractivity contribution in [1.82, 2.24) is 9.97 Å². The average Bonchev–Trinajstić information content (AvgIpc) is 2.62. The third-order valence-corrected chi connectivity index (χ3v) is 3.86. The smallest absolute Gasteiger partial charge is 0.259 e. The van der Waals surface area contributed by atoms with E-state index in [1.807, 2.05) is 24.3 Å². The zero-order valence-electron chi connectivity index (χ0n) is 13.2. The number of hydrogen-bond acceptors (Lipinski definition) is 4. The highest BCUT2D eigenvalue weighted by molar-refractivity contribution is 6.17. The highest BCUT2D eigenvalue weighted by atomic mass is 35.5. The van der Waals surface area contributed by atoms with E-state index >= 15 is 0 Å². The Kier molecular flexibility index (Phi) is 5.01. The van der Waals surface area contributed by atoms with Gasteiger partial charge < -0.3 is 14.5 Å². The van der Waals surface area contributed by atoms with Crippen molar-refractivity contribution in [2.45, 2.75) is 6.42 Å². The first-order valence-electron chi connectivity index (χ1n) is 7.59. The zero-order chi connectivity index (χ0) is 16.9. The van der Waals surface area contributed by atoms with E-state index < -0.39 is 0 Å². The Hall–Kier alpha value is -2.53. The van der Waals surface area contributed by atoms with E-state index in [9.17, 15) is 4.79 Å². The summed E-state index contributed by atoms with van der Waals surface area (Å²) in [5.74, 6) is 2.39. The van der Waals surface area contributed by atoms with Crippen LogP contribution in [0, 0.1) is 0 Å². The number of aromatic amines is 1. The van der Waals surface area contributed by atoms with Gasteiger partial charge in [-0.05, 0) is 42.8 Å². The molecule has 6 heteroatoms. The van der Waals surface area contributed by atoms with Gasteiger partial charge in [-0.15, -0.1) is 11.6 Å². The summed E-state index contributed by atoms with van der Waals surface area (Å²) >= 11 is 5.63. The van der Waals surface area contributed by atoms with Crippen LogP contribution in [-0.2, 0) is 0 Å². The number of H-pyrrole nitrogens is 1. The van der Waals surface area contributed by atoms with Gasteiger partial charge in [-0.25, -0.2) is 4.98 Å². The molecule has 24 heavy (non-hydrogen) atoms. The molecule has 0 radical (unpaired) electrons. The molecule has 124 valence electrons. The van der Waals surface area contributed by atoms with E-state index in [4.69, 9.17) is 21.1 Å². The number of nitrogens with one attached hydrogen (secondary N) is 1. The Labute approximate surface area is 144 Å². The highest BCUT2D eigenvalue weighted by Gasteiger charge is 2.10. The van der Waals surface area contributed by atoms with Crippen molar-refractivity contribution < 1.29 is 9.47 Å². The second-order valence-electron chi connectivity index (χ2n) is 5.19. The molecule has 1 N–H and O–H groups in total. The van der Waals surface area contributed by atoms with Gasteiger partial charge in [-0.1, -0.05) is 6.07 Å². The van der Waals surface area contributed by atoms with Crippen molar-refractivity contribution in [3.63, 3.8) is 0 Å². The number of methoxy groups -OCH3 is 1. The summed E-state index contributed by atoms with van der Waals surface area (Å²) in [5, 5.41) is 0.499. The molecule has 3 aromatic rings. The number of alkyl halides is 1. The number of aromatic nitrogens is 2. The van der Waals surface area contributed by atoms with Gasteiger partial charge in [0, 0.05) is 11.4 Å². The second kappa shape index (κ2) is 7.36. The minimum atomic E-state index is -0.198. The minimum Gasteiger partial charge on any atom is -0.494 e. The highest BCUT2D eigenvalue weighted by Crippen LogP contribution is 2.24. The molecule has 0 saturated heterocycles. The lowest BCUT2D eigenvalue weighted by molar-refractivity contribution is 0.318. The molecule has 5 nitrogen and oxygen atoms in total. The molecular weight excluding hydrogens is 328 g/mol. The molecule has 0 fully saturated rings. The maximum Gasteiger partial charge on any atom is 0.259 e. The maximum absolute atomic E-state index is 12.3. The molecule has 0 spiro atoms. The quantitative estimate of drug-likeness (QED) is 0.548. The SMILES string of the molecule is COc1cccc2c(=O)[nH]c(-c3ccc(OCCCCl)cc3)nc12. The van der Waals surface area contributed by atoms with Crippen molar-refractivity contribution in [2.75, 3.05) is 19.6 Å². The number of halogens is 1. The van der Waals surface area contributed by atoms with Crippen LogP contribution < -0.4 is 15.0 Å². The van der Waals surface area contributed by atoms with E-state index in [-0.39, 0.29) is 5.56 Å². The molecule has 0 bridgehead atoms. The van der Waals surface area contributed by atoms with Gasteiger partial charge in [0.2, 0.25) is 0 Å². The fourth-order valence-electron chi connectivity index (χ4n) is 2.39. The molecule has 0 aliphatic rings. The predicted molar refractivity (Wildman–Crippen MR) is 95.2 cm³/mol. The van der Waals surface area contributed by atoms with Crippen molar-refractivity contribution in [2.24, 2.45) is 0 Å². The standard InChI is InChI=1S/C18H17ClN2O3/c1-23-15-5-2-4-14-16(15)20-17(21-18(14)22)12-6-8-13(9-7-12)24-11-3-10-19/h2,4-9H,3,10-11H2,1H3,(H,20,21,22). The number of hydrogen-bond donors (Lipinski definition) is 1. The Morgan fingerprint density at radius 2 is 1.96 bits per heavy atom. The van der Waals surface area contributed by atoms with Crippen LogP contribution in [0.5, 0.6) is 11.5 Å². The van der Waals surface area contributed by atoms with Crippen molar-refractivity contribution in [1.29, 1.82) is 0 Å². The Morgan fingerprint density at radius 3 is 2.67 bits per heavy atom. The first-order chi connectivity index (χ1) is 11.7. The third-order valence-electron chi connectivity index (χ3n) is 3.59. The van der Waals surface area contributed by atoms with Gasteiger partial charge in [-0.3, -0.25) is 4.79 Å². The van der Waals surface area contributed by atoms with E-state index in [0.717, 1.165) is 17.7 Å². The Bertz CT molecular complexity index is 891. The van der Waals surface area contributed by atoms with E-state index in [2.05, 4.69) is 9.97 Å². The topological polar surface area (TPSA) is 64.2 Å². The lowest BCUT2D eigenvalue weighted by atomic mass is 10.2. The summed E-state index contributed by atoms with van der Waals surface area (Å²) in [6.07, 6.45) is 0.794. The molecule has 1 aromatic heterocycles. The molecule has 0 atom stereocenters. The van der Waals surface area contributed by atoms with Crippen LogP contribution in [-0.4, -0.2) is 29.6 Å². The van der Waals surface area contributed by atoms with Crippen molar-refractivity contribution in [3.05, 3.63) is 52.8 Å². The maximum atomic E-state index is 12.3. The van der Waals surface area contributed by atoms with Crippen LogP contribution >= 0.6 is 11.6 Å². The molecule has 0 unspecified atom stereocenters. The third kappa shape index (κ3) is 3.36. The van der Waals surface area contributed by atoms with E-state index in [1.54, 1.807) is 25.3 Å². The molecule has 2 aromatic carbocycles. The number of benzene rings is 2. The van der Waals surface area contributed by atoms with Crippen LogP contribution in [0.4, 0.5) is 0 Å². The van der Waals surface area contributed by atoms with E-state index in [1.165, 1.54) is 0 Å². The van der Waals surface area contributed by atoms with Gasteiger partial charge in [0.1, 0.15) is 22.8 Å². The van der Waals surface area contributed by atoms with Crippen LogP contribution in [0.25, 0.3) is 22.3 Å². The van der Waals surface area contributed by atoms with Gasteiger partial charge in [0.25, 0.3) is 5.56 Å². The molecule has 0 saturated carbocycles. The number of nitrogens with zero attached hydrogens (tertiary/aromatic N) is 1. The molecule has 0 aliphatic heterocycles. The lowest BCUT2D eigenvalue weighted by Gasteiger charge is -2.08. The predicted octanol–water partition coefficient (Wildman–Crippen LogP) is 3.61. The summed E-state index contributed by atoms with van der Waals surface area (Å²) < 4.78 is 10.9. The summed E-state index contributed by atoms with van der Waals surface area (Å²) in [6, 6.07) is 12.7. The summed E-state index contributed by atoms with van der Waals surface area (Å²) in [5.41, 5.74) is 1.14. The van der Waals surface area contributed by atoms with Crippen LogP contribution in [0.1, 0.15) is 6.42 Å². The monoisotopic (exact) mass is 344 g/mol. The van der Waals surface area contributed by atoms with Crippen LogP contribution in [0.3, 0.4) is 0 Å². The average molecular weight is 345 g/mol. The number of rotatable bonds is 6. The summed E-state index contributed by atoms with van der Waals surface area (Å²) in [7, 11) is 1.56. The van der Waals surface area contributed by atoms with E-state index in [0.29, 0.717) is 35.0 Å². The molecular formula is C18H17ClN2O3. The van der Waals surface area contributed by atoms with Gasteiger partial charge in [0.05, 0.1) is 19.1 Å². The van der Waals surface area contributed by atoms with Gasteiger partial charge in [-0.2, -0.15) is 0 Å². The Balaban J connectivity index is 1.96. The molecule has 3 rings (SSSR count). The zero-order valence-corrected chi connectivity index (χ0v) is 14.0. The molecule has 0 aliphatic carbocycles. The molecule has 0 amide bonds. The van der Waals surface area contributed by atoms with Crippen LogP contribution in [0.15, 0.2) is 47.3 Å². The fraction of sp³-hybridized carbons (Fsp3) is 0.222. The minimum absolute atomic E-state index is 0.198. The normalized spacial score (nSPS) is 10.8. The van der Waals surface area contributed by atoms with Crippen molar-refractivity contribution >= 4 is 22.5 Å². The molecule has 1 heterocycles. The number of ether oxygens (including phenoxy) is 2. The second-order valence-corrected chi connectivity index (χ2v) is 5.56. The summed E-state index contributed by atoms with van der Waals surface area (Å²) in [6.45, 7) is 0.575. The van der Waals surface area contributed by atoms with Crippen molar-refractivity contribution in [3.8, 4) is 22.9 Å². The first-order valence-corrected chi connectivity index (χ1v) is 8.12. The lowest BCUT2D eigenvalue weighted by Crippen LogP contribution is -2.10. The van der Waals surface area contributed by atoms with Crippen LogP contribution in [0.2, 0.25) is 0 Å². The summed E-state index contributed by atoms with van der Waals surface area (Å²) in [4.78, 5) is 19.6. The number of fused-ring (bicyclic) bond motifs is 1. The number of para-hydroxylation sites is 1. The Morgan fingerprint density at radius 1 is 1.17 bits per heavy atom. The van der Waals surface area contributed by atoms with Gasteiger partial charge >= 0.3 is 0 Å². The largest absolute Gasteiger partial charge is 0.494 e.